The van der Waals surface area contributed by atoms with Crippen LogP contribution >= 0.6 is 0 Å². The zero-order valence-electron chi connectivity index (χ0n) is 16.0. The second kappa shape index (κ2) is 6.84. The first-order valence-corrected chi connectivity index (χ1v) is 9.70. The Bertz CT molecular complexity index is 1260. The van der Waals surface area contributed by atoms with Gasteiger partial charge in [0.25, 0.3) is 11.5 Å². The lowest BCUT2D eigenvalue weighted by molar-refractivity contribution is 0.0699. The first kappa shape index (κ1) is 17.6. The Hall–Kier alpha value is -3.48. The van der Waals surface area contributed by atoms with Crippen LogP contribution in [-0.2, 0) is 7.05 Å². The SMILES string of the molecule is Cn1cnc2cc(C(=O)N3CCCC(c4nc5ccccc5o4)C3)ccc2c1=O. The summed E-state index contributed by atoms with van der Waals surface area (Å²) < 4.78 is 7.36. The number of hydrogen-bond acceptors (Lipinski definition) is 5. The van der Waals surface area contributed by atoms with Crippen molar-refractivity contribution in [3.05, 3.63) is 70.6 Å². The van der Waals surface area contributed by atoms with Gasteiger partial charge in [-0.3, -0.25) is 9.59 Å². The summed E-state index contributed by atoms with van der Waals surface area (Å²) in [7, 11) is 1.66. The molecule has 7 nitrogen and oxygen atoms in total. The van der Waals surface area contributed by atoms with E-state index in [-0.39, 0.29) is 17.4 Å². The maximum Gasteiger partial charge on any atom is 0.260 e. The van der Waals surface area contributed by atoms with Gasteiger partial charge in [0.1, 0.15) is 5.52 Å². The second-order valence-electron chi connectivity index (χ2n) is 7.50. The molecule has 1 aliphatic rings. The fourth-order valence-electron chi connectivity index (χ4n) is 3.95. The fraction of sp³-hybridized carbons (Fsp3) is 0.273. The normalized spacial score (nSPS) is 17.1. The van der Waals surface area contributed by atoms with Gasteiger partial charge in [0.2, 0.25) is 0 Å². The van der Waals surface area contributed by atoms with E-state index in [1.54, 1.807) is 25.2 Å². The minimum absolute atomic E-state index is 0.0600. The third-order valence-electron chi connectivity index (χ3n) is 5.53. The van der Waals surface area contributed by atoms with Crippen molar-refractivity contribution in [3.8, 4) is 0 Å². The molecule has 0 aliphatic carbocycles. The van der Waals surface area contributed by atoms with E-state index in [2.05, 4.69) is 9.97 Å². The highest BCUT2D eigenvalue weighted by atomic mass is 16.3. The smallest absolute Gasteiger partial charge is 0.260 e. The Morgan fingerprint density at radius 2 is 2.03 bits per heavy atom. The Morgan fingerprint density at radius 3 is 2.90 bits per heavy atom. The third-order valence-corrected chi connectivity index (χ3v) is 5.53. The van der Waals surface area contributed by atoms with Crippen molar-refractivity contribution in [2.24, 2.45) is 7.05 Å². The molecular formula is C22H20N4O3. The van der Waals surface area contributed by atoms with Gasteiger partial charge in [0.05, 0.1) is 23.1 Å². The number of carbonyl (C=O) groups excluding carboxylic acids is 1. The number of nitrogens with zero attached hydrogens (tertiary/aromatic N) is 4. The number of hydrogen-bond donors (Lipinski definition) is 0. The lowest BCUT2D eigenvalue weighted by Gasteiger charge is -2.31. The molecule has 0 radical (unpaired) electrons. The predicted octanol–water partition coefficient (Wildman–Crippen LogP) is 3.09. The quantitative estimate of drug-likeness (QED) is 0.527. The van der Waals surface area contributed by atoms with Crippen molar-refractivity contribution in [3.63, 3.8) is 0 Å². The summed E-state index contributed by atoms with van der Waals surface area (Å²) in [6.45, 7) is 1.26. The number of piperidine rings is 1. The zero-order valence-corrected chi connectivity index (χ0v) is 16.0. The number of rotatable bonds is 2. The van der Waals surface area contributed by atoms with E-state index in [9.17, 15) is 9.59 Å². The third kappa shape index (κ3) is 3.08. The number of benzene rings is 2. The molecule has 7 heteroatoms. The van der Waals surface area contributed by atoms with Gasteiger partial charge in [-0.25, -0.2) is 9.97 Å². The van der Waals surface area contributed by atoms with E-state index < -0.39 is 0 Å². The van der Waals surface area contributed by atoms with Gasteiger partial charge in [-0.1, -0.05) is 12.1 Å². The fourth-order valence-corrected chi connectivity index (χ4v) is 3.95. The van der Waals surface area contributed by atoms with Gasteiger partial charge >= 0.3 is 0 Å². The van der Waals surface area contributed by atoms with Crippen molar-refractivity contribution < 1.29 is 9.21 Å². The van der Waals surface area contributed by atoms with Crippen LogP contribution < -0.4 is 5.56 Å². The number of oxazole rings is 1. The van der Waals surface area contributed by atoms with Crippen LogP contribution in [-0.4, -0.2) is 38.4 Å². The molecule has 29 heavy (non-hydrogen) atoms. The monoisotopic (exact) mass is 388 g/mol. The average Bonchev–Trinajstić information content (AvgIpc) is 3.20. The standard InChI is InChI=1S/C22H20N4O3/c1-25-13-23-18-11-14(8-9-16(18)22(25)28)21(27)26-10-4-5-15(12-26)20-24-17-6-2-3-7-19(17)29-20/h2-3,6-9,11,13,15H,4-5,10,12H2,1H3. The Balaban J connectivity index is 1.41. The van der Waals surface area contributed by atoms with E-state index in [0.717, 1.165) is 23.9 Å². The Labute approximate surface area is 166 Å². The van der Waals surface area contributed by atoms with Gasteiger partial charge in [0, 0.05) is 25.7 Å². The molecule has 0 saturated carbocycles. The van der Waals surface area contributed by atoms with Crippen molar-refractivity contribution >= 4 is 27.9 Å². The lowest BCUT2D eigenvalue weighted by atomic mass is 9.97. The molecule has 1 saturated heterocycles. The highest BCUT2D eigenvalue weighted by Gasteiger charge is 2.28. The summed E-state index contributed by atoms with van der Waals surface area (Å²) in [6.07, 6.45) is 3.30. The van der Waals surface area contributed by atoms with Crippen LogP contribution in [0.5, 0.6) is 0 Å². The first-order chi connectivity index (χ1) is 14.1. The van der Waals surface area contributed by atoms with E-state index in [4.69, 9.17) is 4.42 Å². The van der Waals surface area contributed by atoms with Gasteiger partial charge in [0.15, 0.2) is 11.5 Å². The summed E-state index contributed by atoms with van der Waals surface area (Å²) in [6, 6.07) is 12.8. The van der Waals surface area contributed by atoms with Crippen LogP contribution in [0.15, 0.2) is 58.0 Å². The lowest BCUT2D eigenvalue weighted by Crippen LogP contribution is -2.39. The predicted molar refractivity (Wildman–Crippen MR) is 109 cm³/mol. The second-order valence-corrected chi connectivity index (χ2v) is 7.50. The van der Waals surface area contributed by atoms with E-state index >= 15 is 0 Å². The van der Waals surface area contributed by atoms with Gasteiger partial charge in [-0.05, 0) is 43.2 Å². The van der Waals surface area contributed by atoms with Crippen molar-refractivity contribution in [1.82, 2.24) is 19.4 Å². The van der Waals surface area contributed by atoms with Crippen molar-refractivity contribution in [2.75, 3.05) is 13.1 Å². The molecule has 1 fully saturated rings. The van der Waals surface area contributed by atoms with Crippen LogP contribution in [0.25, 0.3) is 22.0 Å². The number of amides is 1. The average molecular weight is 388 g/mol. The number of aryl methyl sites for hydroxylation is 1. The Kier molecular flexibility index (Phi) is 4.16. The molecule has 0 bridgehead atoms. The van der Waals surface area contributed by atoms with Crippen LogP contribution in [0.3, 0.4) is 0 Å². The molecule has 1 atom stereocenters. The van der Waals surface area contributed by atoms with E-state index in [1.807, 2.05) is 29.2 Å². The summed E-state index contributed by atoms with van der Waals surface area (Å²) in [5, 5.41) is 0.509. The van der Waals surface area contributed by atoms with Crippen LogP contribution in [0.2, 0.25) is 0 Å². The summed E-state index contributed by atoms with van der Waals surface area (Å²) in [4.78, 5) is 36.0. The first-order valence-electron chi connectivity index (χ1n) is 9.70. The molecule has 2 aromatic carbocycles. The number of para-hydroxylation sites is 2. The Morgan fingerprint density at radius 1 is 1.17 bits per heavy atom. The van der Waals surface area contributed by atoms with E-state index in [0.29, 0.717) is 35.4 Å². The summed E-state index contributed by atoms with van der Waals surface area (Å²) in [5.74, 6) is 0.702. The molecular weight excluding hydrogens is 368 g/mol. The van der Waals surface area contributed by atoms with Crippen LogP contribution in [0, 0.1) is 0 Å². The summed E-state index contributed by atoms with van der Waals surface area (Å²) >= 11 is 0. The molecule has 1 aliphatic heterocycles. The molecule has 5 rings (SSSR count). The topological polar surface area (TPSA) is 81.2 Å². The molecule has 146 valence electrons. The van der Waals surface area contributed by atoms with Crippen molar-refractivity contribution in [1.29, 1.82) is 0 Å². The van der Waals surface area contributed by atoms with Crippen molar-refractivity contribution in [2.45, 2.75) is 18.8 Å². The van der Waals surface area contributed by atoms with Crippen LogP contribution in [0.4, 0.5) is 0 Å². The number of aromatic nitrogens is 3. The number of fused-ring (bicyclic) bond motifs is 2. The molecule has 4 aromatic rings. The highest BCUT2D eigenvalue weighted by Crippen LogP contribution is 2.29. The van der Waals surface area contributed by atoms with E-state index in [1.165, 1.54) is 10.9 Å². The van der Waals surface area contributed by atoms with Gasteiger partial charge in [-0.15, -0.1) is 0 Å². The minimum Gasteiger partial charge on any atom is -0.440 e. The maximum atomic E-state index is 13.1. The highest BCUT2D eigenvalue weighted by molar-refractivity contribution is 5.97. The molecule has 1 unspecified atom stereocenters. The molecule has 0 spiro atoms. The molecule has 0 N–H and O–H groups in total. The molecule has 3 heterocycles. The zero-order chi connectivity index (χ0) is 20.0. The largest absolute Gasteiger partial charge is 0.440 e. The van der Waals surface area contributed by atoms with Gasteiger partial charge < -0.3 is 13.9 Å². The molecule has 1 amide bonds. The molecule has 2 aromatic heterocycles. The summed E-state index contributed by atoms with van der Waals surface area (Å²) in [5.41, 5.74) is 2.56. The number of likely N-dealkylation sites (tertiary alicyclic amines) is 1. The maximum absolute atomic E-state index is 13.1. The van der Waals surface area contributed by atoms with Crippen LogP contribution in [0.1, 0.15) is 35.0 Å². The minimum atomic E-state index is -0.122. The van der Waals surface area contributed by atoms with Gasteiger partial charge in [-0.2, -0.15) is 0 Å². The number of carbonyl (C=O) groups is 1.